The van der Waals surface area contributed by atoms with Gasteiger partial charge in [-0.2, -0.15) is 0 Å². The molecule has 0 bridgehead atoms. The lowest BCUT2D eigenvalue weighted by Gasteiger charge is -2.19. The predicted octanol–water partition coefficient (Wildman–Crippen LogP) is 2.06. The van der Waals surface area contributed by atoms with Crippen LogP contribution in [0.1, 0.15) is 32.8 Å². The van der Waals surface area contributed by atoms with Crippen LogP contribution >= 0.6 is 0 Å². The number of rotatable bonds is 4. The Morgan fingerprint density at radius 3 is 2.39 bits per heavy atom. The van der Waals surface area contributed by atoms with Gasteiger partial charge in [-0.05, 0) is 44.9 Å². The minimum atomic E-state index is -0.508. The van der Waals surface area contributed by atoms with Gasteiger partial charge in [0.25, 0.3) is 0 Å². The molecule has 0 saturated carbocycles. The zero-order valence-electron chi connectivity index (χ0n) is 13.7. The third-order valence-electron chi connectivity index (χ3n) is 3.31. The lowest BCUT2D eigenvalue weighted by Crippen LogP contribution is -2.33. The fourth-order valence-corrected chi connectivity index (χ4v) is 2.29. The third kappa shape index (κ3) is 5.09. The highest BCUT2D eigenvalue weighted by Crippen LogP contribution is 2.20. The highest BCUT2D eigenvalue weighted by atomic mass is 16.6. The van der Waals surface area contributed by atoms with Crippen molar-refractivity contribution in [1.29, 1.82) is 0 Å². The van der Waals surface area contributed by atoms with E-state index in [9.17, 15) is 14.4 Å². The van der Waals surface area contributed by atoms with E-state index in [0.717, 1.165) is 11.3 Å². The van der Waals surface area contributed by atoms with Crippen molar-refractivity contribution >= 4 is 23.5 Å². The molecule has 0 atom stereocenters. The van der Waals surface area contributed by atoms with Crippen molar-refractivity contribution in [2.24, 2.45) is 0 Å². The number of carbonyl (C=O) groups excluding carboxylic acids is 3. The van der Waals surface area contributed by atoms with Gasteiger partial charge < -0.3 is 15.0 Å². The summed E-state index contributed by atoms with van der Waals surface area (Å²) in [5.74, 6) is -0.213. The van der Waals surface area contributed by atoms with Crippen LogP contribution in [0.25, 0.3) is 0 Å². The molecule has 0 aliphatic carbocycles. The predicted molar refractivity (Wildman–Crippen MR) is 86.4 cm³/mol. The smallest absolute Gasteiger partial charge is 0.407 e. The van der Waals surface area contributed by atoms with Crippen molar-refractivity contribution in [3.63, 3.8) is 0 Å². The van der Waals surface area contributed by atoms with E-state index >= 15 is 0 Å². The first-order valence-corrected chi connectivity index (χ1v) is 7.62. The van der Waals surface area contributed by atoms with Gasteiger partial charge in [-0.25, -0.2) is 4.79 Å². The average Bonchev–Trinajstić information content (AvgIpc) is 2.76. The molecule has 1 fully saturated rings. The van der Waals surface area contributed by atoms with Gasteiger partial charge >= 0.3 is 6.09 Å². The number of nitrogens with one attached hydrogen (secondary N) is 1. The Balaban J connectivity index is 1.83. The molecule has 1 N–H and O–H groups in total. The molecule has 1 aliphatic rings. The molecule has 6 nitrogen and oxygen atoms in total. The van der Waals surface area contributed by atoms with Crippen LogP contribution in [0, 0.1) is 0 Å². The first kappa shape index (κ1) is 17.0. The molecule has 1 saturated heterocycles. The van der Waals surface area contributed by atoms with E-state index in [1.165, 1.54) is 4.90 Å². The van der Waals surface area contributed by atoms with Crippen LogP contribution in [0.15, 0.2) is 24.3 Å². The zero-order valence-corrected chi connectivity index (χ0v) is 13.7. The number of carbonyl (C=O) groups is 3. The van der Waals surface area contributed by atoms with Crippen LogP contribution < -0.4 is 10.2 Å². The lowest BCUT2D eigenvalue weighted by atomic mass is 10.1. The third-order valence-corrected chi connectivity index (χ3v) is 3.31. The summed E-state index contributed by atoms with van der Waals surface area (Å²) >= 11 is 0. The first-order chi connectivity index (χ1) is 10.7. The topological polar surface area (TPSA) is 75.7 Å². The maximum absolute atomic E-state index is 11.7. The van der Waals surface area contributed by atoms with Crippen molar-refractivity contribution in [3.8, 4) is 0 Å². The van der Waals surface area contributed by atoms with E-state index in [4.69, 9.17) is 4.74 Å². The number of ketones is 1. The van der Waals surface area contributed by atoms with E-state index in [1.807, 2.05) is 45.0 Å². The van der Waals surface area contributed by atoms with Crippen LogP contribution in [0.3, 0.4) is 0 Å². The van der Waals surface area contributed by atoms with Crippen LogP contribution in [-0.2, 0) is 20.7 Å². The maximum Gasteiger partial charge on any atom is 0.407 e. The molecule has 23 heavy (non-hydrogen) atoms. The Labute approximate surface area is 135 Å². The Morgan fingerprint density at radius 2 is 1.87 bits per heavy atom. The minimum Gasteiger partial charge on any atom is -0.444 e. The SMILES string of the molecule is CC(C)(C)OC(=O)NCCc1ccc(N2CC(=O)CC2=O)cc1. The van der Waals surface area contributed by atoms with Crippen molar-refractivity contribution in [2.75, 3.05) is 18.0 Å². The average molecular weight is 318 g/mol. The first-order valence-electron chi connectivity index (χ1n) is 7.62. The van der Waals surface area contributed by atoms with Gasteiger partial charge in [-0.1, -0.05) is 12.1 Å². The number of nitrogens with zero attached hydrogens (tertiary/aromatic N) is 1. The summed E-state index contributed by atoms with van der Waals surface area (Å²) in [6.45, 7) is 6.06. The van der Waals surface area contributed by atoms with Crippen LogP contribution in [-0.4, -0.2) is 36.5 Å². The van der Waals surface area contributed by atoms with Crippen molar-refractivity contribution < 1.29 is 19.1 Å². The number of alkyl carbamates (subject to hydrolysis) is 1. The second kappa shape index (κ2) is 6.81. The lowest BCUT2D eigenvalue weighted by molar-refractivity contribution is -0.121. The molecule has 6 heteroatoms. The molecule has 1 heterocycles. The largest absolute Gasteiger partial charge is 0.444 e. The molecule has 1 aliphatic heterocycles. The summed E-state index contributed by atoms with van der Waals surface area (Å²) < 4.78 is 5.16. The van der Waals surface area contributed by atoms with Crippen LogP contribution in [0.2, 0.25) is 0 Å². The molecular formula is C17H22N2O4. The molecule has 0 unspecified atom stereocenters. The molecule has 1 aromatic carbocycles. The number of benzene rings is 1. The molecule has 0 aromatic heterocycles. The van der Waals surface area contributed by atoms with E-state index < -0.39 is 11.7 Å². The van der Waals surface area contributed by atoms with Gasteiger partial charge in [0.2, 0.25) is 5.91 Å². The van der Waals surface area contributed by atoms with Gasteiger partial charge in [0.15, 0.2) is 5.78 Å². The van der Waals surface area contributed by atoms with E-state index in [0.29, 0.717) is 13.0 Å². The monoisotopic (exact) mass is 318 g/mol. The highest BCUT2D eigenvalue weighted by Gasteiger charge is 2.28. The molecule has 1 aromatic rings. The van der Waals surface area contributed by atoms with Crippen molar-refractivity contribution in [3.05, 3.63) is 29.8 Å². The van der Waals surface area contributed by atoms with Gasteiger partial charge in [-0.15, -0.1) is 0 Å². The van der Waals surface area contributed by atoms with E-state index in [-0.39, 0.29) is 24.7 Å². The van der Waals surface area contributed by atoms with Crippen molar-refractivity contribution in [2.45, 2.75) is 39.2 Å². The Kier molecular flexibility index (Phi) is 5.03. The van der Waals surface area contributed by atoms with E-state index in [1.54, 1.807) is 0 Å². The number of Topliss-reactive ketones (excluding diaryl/α,β-unsaturated/α-hetero) is 1. The highest BCUT2D eigenvalue weighted by molar-refractivity contribution is 6.15. The fourth-order valence-electron chi connectivity index (χ4n) is 2.29. The number of ether oxygens (including phenoxy) is 1. The van der Waals surface area contributed by atoms with Gasteiger partial charge in [0.1, 0.15) is 5.60 Å². The summed E-state index contributed by atoms with van der Waals surface area (Å²) in [6.07, 6.45) is 0.212. The molecular weight excluding hydrogens is 296 g/mol. The van der Waals surface area contributed by atoms with Gasteiger partial charge in [-0.3, -0.25) is 9.59 Å². The summed E-state index contributed by atoms with van der Waals surface area (Å²) in [4.78, 5) is 36.0. The zero-order chi connectivity index (χ0) is 17.0. The minimum absolute atomic E-state index is 0.0123. The molecule has 0 radical (unpaired) electrons. The summed E-state index contributed by atoms with van der Waals surface area (Å²) in [7, 11) is 0. The summed E-state index contributed by atoms with van der Waals surface area (Å²) in [6, 6.07) is 7.42. The maximum atomic E-state index is 11.7. The van der Waals surface area contributed by atoms with Crippen LogP contribution in [0.4, 0.5) is 10.5 Å². The summed E-state index contributed by atoms with van der Waals surface area (Å²) in [5.41, 5.74) is 1.25. The normalized spacial score (nSPS) is 15.0. The van der Waals surface area contributed by atoms with Gasteiger partial charge in [0.05, 0.1) is 13.0 Å². The second-order valence-electron chi connectivity index (χ2n) is 6.54. The standard InChI is InChI=1S/C17H22N2O4/c1-17(2,3)23-16(22)18-9-8-12-4-6-13(7-5-12)19-11-14(20)10-15(19)21/h4-7H,8-11H2,1-3H3,(H,18,22). The van der Waals surface area contributed by atoms with Gasteiger partial charge in [0, 0.05) is 12.2 Å². The second-order valence-corrected chi connectivity index (χ2v) is 6.54. The molecule has 0 spiro atoms. The fraction of sp³-hybridized carbons (Fsp3) is 0.471. The van der Waals surface area contributed by atoms with Crippen LogP contribution in [0.5, 0.6) is 0 Å². The van der Waals surface area contributed by atoms with Crippen molar-refractivity contribution in [1.82, 2.24) is 5.32 Å². The summed E-state index contributed by atoms with van der Waals surface area (Å²) in [5, 5.41) is 2.70. The Hall–Kier alpha value is -2.37. The quantitative estimate of drug-likeness (QED) is 0.862. The number of hydrogen-bond acceptors (Lipinski definition) is 4. The number of hydrogen-bond donors (Lipinski definition) is 1. The Morgan fingerprint density at radius 1 is 1.22 bits per heavy atom. The van der Waals surface area contributed by atoms with E-state index in [2.05, 4.69) is 5.32 Å². The number of amides is 2. The molecule has 2 amide bonds. The molecule has 2 rings (SSSR count). The Bertz CT molecular complexity index is 602. The molecule has 124 valence electrons. The number of anilines is 1.